The van der Waals surface area contributed by atoms with E-state index in [2.05, 4.69) is 11.8 Å². The van der Waals surface area contributed by atoms with Crippen molar-refractivity contribution in [3.05, 3.63) is 65.7 Å². The zero-order valence-electron chi connectivity index (χ0n) is 9.10. The summed E-state index contributed by atoms with van der Waals surface area (Å²) in [5, 5.41) is 0. The van der Waals surface area contributed by atoms with Crippen LogP contribution in [0.2, 0.25) is 0 Å². The average Bonchev–Trinajstić information content (AvgIpc) is 2.38. The van der Waals surface area contributed by atoms with Gasteiger partial charge in [-0.2, -0.15) is 0 Å². The van der Waals surface area contributed by atoms with Crippen LogP contribution in [0.1, 0.15) is 11.1 Å². The summed E-state index contributed by atoms with van der Waals surface area (Å²) in [6, 6.07) is 17.7. The van der Waals surface area contributed by atoms with Crippen molar-refractivity contribution in [1.82, 2.24) is 0 Å². The Morgan fingerprint density at radius 3 is 1.88 bits per heavy atom. The topological polar surface area (TPSA) is 9.23 Å². The molecule has 2 aromatic rings. The zero-order valence-corrected chi connectivity index (χ0v) is 9.10. The standard InChI is InChI=1S/C15H12O/c1-16-15-11-9-14(10-12-15)8-7-13-5-3-2-4-6-13/h2-6,9-12H,1H3. The minimum atomic E-state index is 0.852. The van der Waals surface area contributed by atoms with Crippen molar-refractivity contribution >= 4 is 0 Å². The van der Waals surface area contributed by atoms with Gasteiger partial charge >= 0.3 is 0 Å². The lowest BCUT2D eigenvalue weighted by Gasteiger charge is -1.97. The van der Waals surface area contributed by atoms with Crippen LogP contribution in [0.5, 0.6) is 5.75 Å². The summed E-state index contributed by atoms with van der Waals surface area (Å²) in [7, 11) is 1.66. The second-order valence-electron chi connectivity index (χ2n) is 3.34. The molecule has 0 fully saturated rings. The number of benzene rings is 2. The molecule has 2 rings (SSSR count). The van der Waals surface area contributed by atoms with Crippen molar-refractivity contribution in [2.24, 2.45) is 0 Å². The van der Waals surface area contributed by atoms with E-state index in [9.17, 15) is 0 Å². The van der Waals surface area contributed by atoms with Crippen LogP contribution in [0.15, 0.2) is 54.6 Å². The number of rotatable bonds is 1. The third-order valence-electron chi connectivity index (χ3n) is 2.21. The lowest BCUT2D eigenvalue weighted by molar-refractivity contribution is 0.415. The van der Waals surface area contributed by atoms with Gasteiger partial charge in [-0.05, 0) is 36.4 Å². The predicted molar refractivity (Wildman–Crippen MR) is 65.4 cm³/mol. The van der Waals surface area contributed by atoms with Gasteiger partial charge in [0.15, 0.2) is 0 Å². The van der Waals surface area contributed by atoms with Crippen LogP contribution < -0.4 is 4.74 Å². The second-order valence-corrected chi connectivity index (χ2v) is 3.34. The van der Waals surface area contributed by atoms with E-state index in [-0.39, 0.29) is 0 Å². The molecule has 0 bridgehead atoms. The largest absolute Gasteiger partial charge is 0.497 e. The molecule has 0 aliphatic carbocycles. The summed E-state index contributed by atoms with van der Waals surface area (Å²) in [6.07, 6.45) is 0. The Balaban J connectivity index is 2.18. The number of hydrogen-bond donors (Lipinski definition) is 0. The maximum Gasteiger partial charge on any atom is 0.118 e. The lowest BCUT2D eigenvalue weighted by atomic mass is 10.2. The van der Waals surface area contributed by atoms with Crippen LogP contribution in [0, 0.1) is 11.8 Å². The summed E-state index contributed by atoms with van der Waals surface area (Å²) in [4.78, 5) is 0. The normalized spacial score (nSPS) is 9.06. The highest BCUT2D eigenvalue weighted by atomic mass is 16.5. The molecule has 1 heteroatoms. The van der Waals surface area contributed by atoms with Gasteiger partial charge in [-0.1, -0.05) is 30.0 Å². The Bertz CT molecular complexity index is 501. The van der Waals surface area contributed by atoms with Crippen LogP contribution in [0.4, 0.5) is 0 Å². The maximum atomic E-state index is 5.08. The third-order valence-corrected chi connectivity index (χ3v) is 2.21. The average molecular weight is 208 g/mol. The fourth-order valence-corrected chi connectivity index (χ4v) is 1.34. The van der Waals surface area contributed by atoms with E-state index >= 15 is 0 Å². The molecule has 0 heterocycles. The first kappa shape index (κ1) is 10.3. The molecule has 0 amide bonds. The van der Waals surface area contributed by atoms with Gasteiger partial charge < -0.3 is 4.74 Å². The molecule has 0 aromatic heterocycles. The van der Waals surface area contributed by atoms with E-state index in [0.29, 0.717) is 0 Å². The number of ether oxygens (including phenoxy) is 1. The predicted octanol–water partition coefficient (Wildman–Crippen LogP) is 3.10. The van der Waals surface area contributed by atoms with Crippen molar-refractivity contribution in [1.29, 1.82) is 0 Å². The summed E-state index contributed by atoms with van der Waals surface area (Å²) in [6.45, 7) is 0. The SMILES string of the molecule is COc1ccc(C#Cc2ccccc2)cc1. The fourth-order valence-electron chi connectivity index (χ4n) is 1.34. The number of hydrogen-bond acceptors (Lipinski definition) is 1. The quantitative estimate of drug-likeness (QED) is 0.654. The third kappa shape index (κ3) is 2.65. The molecule has 0 atom stereocenters. The molecule has 0 N–H and O–H groups in total. The zero-order chi connectivity index (χ0) is 11.2. The lowest BCUT2D eigenvalue weighted by Crippen LogP contribution is -1.82. The maximum absolute atomic E-state index is 5.08. The van der Waals surface area contributed by atoms with Gasteiger partial charge in [-0.3, -0.25) is 0 Å². The molecule has 0 aliphatic rings. The van der Waals surface area contributed by atoms with Crippen LogP contribution in [-0.4, -0.2) is 7.11 Å². The molecule has 0 aliphatic heterocycles. The Labute approximate surface area is 95.7 Å². The Hall–Kier alpha value is -2.20. The van der Waals surface area contributed by atoms with Crippen molar-refractivity contribution < 1.29 is 4.74 Å². The van der Waals surface area contributed by atoms with E-state index in [0.717, 1.165) is 16.9 Å². The molecule has 2 aromatic carbocycles. The van der Waals surface area contributed by atoms with Gasteiger partial charge in [0, 0.05) is 11.1 Å². The summed E-state index contributed by atoms with van der Waals surface area (Å²) in [5.74, 6) is 7.07. The van der Waals surface area contributed by atoms with Crippen LogP contribution in [-0.2, 0) is 0 Å². The Kier molecular flexibility index (Phi) is 3.25. The first-order valence-corrected chi connectivity index (χ1v) is 5.09. The van der Waals surface area contributed by atoms with Gasteiger partial charge in [-0.25, -0.2) is 0 Å². The minimum absolute atomic E-state index is 0.852. The van der Waals surface area contributed by atoms with Crippen molar-refractivity contribution in [3.63, 3.8) is 0 Å². The van der Waals surface area contributed by atoms with E-state index in [1.165, 1.54) is 0 Å². The summed E-state index contributed by atoms with van der Waals surface area (Å²) >= 11 is 0. The number of methoxy groups -OCH3 is 1. The molecular weight excluding hydrogens is 196 g/mol. The molecule has 0 saturated heterocycles. The molecule has 1 nitrogen and oxygen atoms in total. The van der Waals surface area contributed by atoms with Gasteiger partial charge in [0.2, 0.25) is 0 Å². The summed E-state index contributed by atoms with van der Waals surface area (Å²) < 4.78 is 5.08. The van der Waals surface area contributed by atoms with E-state index in [1.807, 2.05) is 54.6 Å². The highest BCUT2D eigenvalue weighted by Crippen LogP contribution is 2.10. The van der Waals surface area contributed by atoms with Crippen molar-refractivity contribution in [2.75, 3.05) is 7.11 Å². The Morgan fingerprint density at radius 2 is 1.31 bits per heavy atom. The highest BCUT2D eigenvalue weighted by Gasteiger charge is 1.89. The minimum Gasteiger partial charge on any atom is -0.497 e. The van der Waals surface area contributed by atoms with Crippen LogP contribution in [0.3, 0.4) is 0 Å². The van der Waals surface area contributed by atoms with Gasteiger partial charge in [0.25, 0.3) is 0 Å². The first-order valence-electron chi connectivity index (χ1n) is 5.09. The smallest absolute Gasteiger partial charge is 0.118 e. The molecular formula is C15H12O. The molecule has 16 heavy (non-hydrogen) atoms. The van der Waals surface area contributed by atoms with Gasteiger partial charge in [-0.15, -0.1) is 0 Å². The van der Waals surface area contributed by atoms with Gasteiger partial charge in [0.05, 0.1) is 7.11 Å². The van der Waals surface area contributed by atoms with Crippen LogP contribution >= 0.6 is 0 Å². The monoisotopic (exact) mass is 208 g/mol. The molecule has 0 saturated carbocycles. The van der Waals surface area contributed by atoms with Gasteiger partial charge in [0.1, 0.15) is 5.75 Å². The van der Waals surface area contributed by atoms with E-state index in [4.69, 9.17) is 4.74 Å². The molecule has 78 valence electrons. The van der Waals surface area contributed by atoms with Crippen molar-refractivity contribution in [3.8, 4) is 17.6 Å². The fraction of sp³-hybridized carbons (Fsp3) is 0.0667. The first-order chi connectivity index (χ1) is 7.88. The second kappa shape index (κ2) is 5.04. The van der Waals surface area contributed by atoms with E-state index in [1.54, 1.807) is 7.11 Å². The molecule has 0 radical (unpaired) electrons. The van der Waals surface area contributed by atoms with Crippen molar-refractivity contribution in [2.45, 2.75) is 0 Å². The van der Waals surface area contributed by atoms with E-state index < -0.39 is 0 Å². The highest BCUT2D eigenvalue weighted by molar-refractivity contribution is 5.44. The molecule has 0 unspecified atom stereocenters. The Morgan fingerprint density at radius 1 is 0.750 bits per heavy atom. The summed E-state index contributed by atoms with van der Waals surface area (Å²) in [5.41, 5.74) is 2.02. The van der Waals surface area contributed by atoms with Crippen LogP contribution in [0.25, 0.3) is 0 Å². The molecule has 0 spiro atoms.